The fraction of sp³-hybridized carbons (Fsp3) is 0.385. The molecule has 1 aliphatic heterocycles. The maximum absolute atomic E-state index is 6.13. The van der Waals surface area contributed by atoms with Crippen molar-refractivity contribution in [3.63, 3.8) is 0 Å². The first-order chi connectivity index (χ1) is 8.83. The van der Waals surface area contributed by atoms with Gasteiger partial charge in [-0.3, -0.25) is 0 Å². The smallest absolute Gasteiger partial charge is 0.172 e. The average molecular weight is 263 g/mol. The lowest BCUT2D eigenvalue weighted by molar-refractivity contribution is 0.632. The van der Waals surface area contributed by atoms with E-state index in [-0.39, 0.29) is 0 Å². The van der Waals surface area contributed by atoms with Crippen molar-refractivity contribution in [2.45, 2.75) is 18.9 Å². The van der Waals surface area contributed by atoms with Gasteiger partial charge in [0.25, 0.3) is 0 Å². The largest absolute Gasteiger partial charge is 0.366 e. The molecule has 0 bridgehead atoms. The van der Waals surface area contributed by atoms with Crippen LogP contribution in [0.1, 0.15) is 12.8 Å². The predicted molar refractivity (Wildman–Crippen MR) is 74.1 cm³/mol. The highest BCUT2D eigenvalue weighted by atomic mass is 35.5. The number of nitrogens with zero attached hydrogens (tertiary/aromatic N) is 2. The first-order valence-corrected chi connectivity index (χ1v) is 6.60. The summed E-state index contributed by atoms with van der Waals surface area (Å²) in [4.78, 5) is 8.84. The van der Waals surface area contributed by atoms with Crippen molar-refractivity contribution in [1.29, 1.82) is 0 Å². The average Bonchev–Trinajstić information content (AvgIpc) is 2.89. The lowest BCUT2D eigenvalue weighted by Crippen LogP contribution is -2.29. The number of halogens is 1. The van der Waals surface area contributed by atoms with Crippen molar-refractivity contribution in [2.75, 3.05) is 18.4 Å². The highest BCUT2D eigenvalue weighted by molar-refractivity contribution is 6.32. The van der Waals surface area contributed by atoms with Gasteiger partial charge in [-0.15, -0.1) is 0 Å². The molecule has 0 radical (unpaired) electrons. The molecule has 0 amide bonds. The molecular weight excluding hydrogens is 248 g/mol. The standard InChI is InChI=1S/C13H15ClN4/c14-12-13(16-8-9-4-3-7-15-9)18-11-6-2-1-5-10(11)17-12/h1-2,5-6,9,15H,3-4,7-8H2,(H,16,18)/t9-/m1/s1. The lowest BCUT2D eigenvalue weighted by atomic mass is 10.2. The van der Waals surface area contributed by atoms with E-state index in [2.05, 4.69) is 20.6 Å². The van der Waals surface area contributed by atoms with Gasteiger partial charge in [0.2, 0.25) is 0 Å². The molecule has 1 aromatic heterocycles. The van der Waals surface area contributed by atoms with Crippen molar-refractivity contribution in [2.24, 2.45) is 0 Å². The number of anilines is 1. The van der Waals surface area contributed by atoms with E-state index in [1.807, 2.05) is 24.3 Å². The Morgan fingerprint density at radius 1 is 1.28 bits per heavy atom. The molecule has 4 nitrogen and oxygen atoms in total. The zero-order valence-corrected chi connectivity index (χ0v) is 10.7. The SMILES string of the molecule is Clc1nc2ccccc2nc1NC[C@H]1CCCN1. The molecule has 0 unspecified atom stereocenters. The van der Waals surface area contributed by atoms with Gasteiger partial charge in [0.05, 0.1) is 11.0 Å². The van der Waals surface area contributed by atoms with E-state index in [1.165, 1.54) is 12.8 Å². The van der Waals surface area contributed by atoms with Crippen LogP contribution in [0, 0.1) is 0 Å². The number of nitrogens with one attached hydrogen (secondary N) is 2. The van der Waals surface area contributed by atoms with Crippen LogP contribution in [0.3, 0.4) is 0 Å². The molecule has 94 valence electrons. The highest BCUT2D eigenvalue weighted by Crippen LogP contribution is 2.21. The summed E-state index contributed by atoms with van der Waals surface area (Å²) in [6.07, 6.45) is 2.44. The van der Waals surface area contributed by atoms with Gasteiger partial charge in [0, 0.05) is 12.6 Å². The van der Waals surface area contributed by atoms with E-state index in [0.29, 0.717) is 17.0 Å². The third kappa shape index (κ3) is 2.40. The lowest BCUT2D eigenvalue weighted by Gasteiger charge is -2.13. The summed E-state index contributed by atoms with van der Waals surface area (Å²) in [6.45, 7) is 1.94. The fourth-order valence-corrected chi connectivity index (χ4v) is 2.44. The Bertz CT molecular complexity index is 552. The molecule has 2 heterocycles. The number of aromatic nitrogens is 2. The first kappa shape index (κ1) is 11.7. The predicted octanol–water partition coefficient (Wildman–Crippen LogP) is 2.45. The van der Waals surface area contributed by atoms with Crippen LogP contribution in [-0.4, -0.2) is 29.1 Å². The summed E-state index contributed by atoms with van der Waals surface area (Å²) < 4.78 is 0. The van der Waals surface area contributed by atoms with Crippen LogP contribution in [0.25, 0.3) is 11.0 Å². The Labute approximate surface area is 111 Å². The summed E-state index contributed by atoms with van der Waals surface area (Å²) in [7, 11) is 0. The van der Waals surface area contributed by atoms with Crippen LogP contribution >= 0.6 is 11.6 Å². The van der Waals surface area contributed by atoms with Crippen molar-refractivity contribution in [1.82, 2.24) is 15.3 Å². The van der Waals surface area contributed by atoms with Crippen LogP contribution in [-0.2, 0) is 0 Å². The minimum absolute atomic E-state index is 0.437. The Morgan fingerprint density at radius 2 is 2.06 bits per heavy atom. The maximum Gasteiger partial charge on any atom is 0.172 e. The van der Waals surface area contributed by atoms with Crippen LogP contribution in [0.4, 0.5) is 5.82 Å². The second kappa shape index (κ2) is 5.08. The number of benzene rings is 1. The Hall–Kier alpha value is -1.39. The normalized spacial score (nSPS) is 19.3. The molecule has 1 saturated heterocycles. The minimum Gasteiger partial charge on any atom is -0.366 e. The van der Waals surface area contributed by atoms with E-state index in [9.17, 15) is 0 Å². The molecule has 1 atom stereocenters. The van der Waals surface area contributed by atoms with Crippen LogP contribution < -0.4 is 10.6 Å². The summed E-state index contributed by atoms with van der Waals surface area (Å²) in [5, 5.41) is 7.15. The van der Waals surface area contributed by atoms with E-state index in [4.69, 9.17) is 11.6 Å². The zero-order valence-electron chi connectivity index (χ0n) is 9.99. The van der Waals surface area contributed by atoms with Gasteiger partial charge in [-0.05, 0) is 31.5 Å². The summed E-state index contributed by atoms with van der Waals surface area (Å²) >= 11 is 6.13. The number of fused-ring (bicyclic) bond motifs is 1. The summed E-state index contributed by atoms with van der Waals surface area (Å²) in [5.74, 6) is 0.670. The van der Waals surface area contributed by atoms with Crippen molar-refractivity contribution in [3.05, 3.63) is 29.4 Å². The van der Waals surface area contributed by atoms with Crippen molar-refractivity contribution < 1.29 is 0 Å². The molecule has 0 saturated carbocycles. The second-order valence-corrected chi connectivity index (χ2v) is 4.88. The summed E-state index contributed by atoms with van der Waals surface area (Å²) in [5.41, 5.74) is 1.69. The molecule has 5 heteroatoms. The van der Waals surface area contributed by atoms with Crippen LogP contribution in [0.15, 0.2) is 24.3 Å². The Kier molecular flexibility index (Phi) is 3.30. The highest BCUT2D eigenvalue weighted by Gasteiger charge is 2.14. The van der Waals surface area contributed by atoms with Crippen LogP contribution in [0.2, 0.25) is 5.15 Å². The van der Waals surface area contributed by atoms with Gasteiger partial charge < -0.3 is 10.6 Å². The fourth-order valence-electron chi connectivity index (χ4n) is 2.24. The topological polar surface area (TPSA) is 49.8 Å². The van der Waals surface area contributed by atoms with E-state index in [0.717, 1.165) is 24.1 Å². The number of rotatable bonds is 3. The molecular formula is C13H15ClN4. The molecule has 3 rings (SSSR count). The second-order valence-electron chi connectivity index (χ2n) is 4.53. The van der Waals surface area contributed by atoms with Gasteiger partial charge in [0.1, 0.15) is 0 Å². The maximum atomic E-state index is 6.13. The van der Waals surface area contributed by atoms with Gasteiger partial charge in [-0.1, -0.05) is 23.7 Å². The van der Waals surface area contributed by atoms with Gasteiger partial charge in [-0.2, -0.15) is 0 Å². The number of hydrogen-bond donors (Lipinski definition) is 2. The molecule has 1 aliphatic rings. The zero-order chi connectivity index (χ0) is 12.4. The van der Waals surface area contributed by atoms with Crippen molar-refractivity contribution in [3.8, 4) is 0 Å². The van der Waals surface area contributed by atoms with Crippen LogP contribution in [0.5, 0.6) is 0 Å². The molecule has 0 aliphatic carbocycles. The Balaban J connectivity index is 1.80. The number of para-hydroxylation sites is 2. The molecule has 0 spiro atoms. The third-order valence-corrected chi connectivity index (χ3v) is 3.47. The molecule has 2 N–H and O–H groups in total. The molecule has 2 aromatic rings. The molecule has 1 fully saturated rings. The monoisotopic (exact) mass is 262 g/mol. The molecule has 18 heavy (non-hydrogen) atoms. The van der Waals surface area contributed by atoms with Crippen molar-refractivity contribution >= 4 is 28.5 Å². The third-order valence-electron chi connectivity index (χ3n) is 3.21. The quantitative estimate of drug-likeness (QED) is 0.892. The first-order valence-electron chi connectivity index (χ1n) is 6.22. The van der Waals surface area contributed by atoms with E-state index in [1.54, 1.807) is 0 Å². The van der Waals surface area contributed by atoms with E-state index < -0.39 is 0 Å². The van der Waals surface area contributed by atoms with E-state index >= 15 is 0 Å². The van der Waals surface area contributed by atoms with Gasteiger partial charge in [0.15, 0.2) is 11.0 Å². The molecule has 1 aromatic carbocycles. The van der Waals surface area contributed by atoms with Gasteiger partial charge >= 0.3 is 0 Å². The minimum atomic E-state index is 0.437. The number of hydrogen-bond acceptors (Lipinski definition) is 4. The van der Waals surface area contributed by atoms with Gasteiger partial charge in [-0.25, -0.2) is 9.97 Å². The summed E-state index contributed by atoms with van der Waals surface area (Å²) in [6, 6.07) is 8.25. The Morgan fingerprint density at radius 3 is 2.78 bits per heavy atom.